The summed E-state index contributed by atoms with van der Waals surface area (Å²) in [5.74, 6) is 6.44. The fourth-order valence-electron chi connectivity index (χ4n) is 2.10. The van der Waals surface area contributed by atoms with E-state index in [2.05, 4.69) is 20.7 Å². The summed E-state index contributed by atoms with van der Waals surface area (Å²) in [6.07, 6.45) is 0.629. The summed E-state index contributed by atoms with van der Waals surface area (Å²) in [6, 6.07) is -0.475. The summed E-state index contributed by atoms with van der Waals surface area (Å²) in [6.45, 7) is 5.53. The number of aromatic nitrogens is 2. The van der Waals surface area contributed by atoms with E-state index in [1.807, 2.05) is 6.92 Å². The van der Waals surface area contributed by atoms with Crippen LogP contribution < -0.4 is 21.5 Å². The van der Waals surface area contributed by atoms with Gasteiger partial charge in [0, 0.05) is 12.0 Å². The van der Waals surface area contributed by atoms with Crippen LogP contribution in [0.2, 0.25) is 0 Å². The van der Waals surface area contributed by atoms with Gasteiger partial charge in [0.1, 0.15) is 23.5 Å². The van der Waals surface area contributed by atoms with E-state index in [-0.39, 0.29) is 18.4 Å². The van der Waals surface area contributed by atoms with Crippen molar-refractivity contribution < 1.29 is 9.59 Å². The van der Waals surface area contributed by atoms with E-state index >= 15 is 0 Å². The highest BCUT2D eigenvalue weighted by Crippen LogP contribution is 2.25. The van der Waals surface area contributed by atoms with Crippen molar-refractivity contribution >= 4 is 23.5 Å². The number of nitrogens with one attached hydrogen (secondary N) is 2. The summed E-state index contributed by atoms with van der Waals surface area (Å²) in [5.41, 5.74) is 3.23. The van der Waals surface area contributed by atoms with Crippen LogP contribution in [0.5, 0.6) is 0 Å². The number of nitrogen functional groups attached to an aromatic ring is 1. The standard InChI is InChI=1S/C12H18N6O2/c1-4-8-14-10(17-13)6(2)11(15-8)18-5-9(19)16-12(20)7(18)3/h7H,4-5,13H2,1-3H3,(H,14,15,17)(H,16,19,20). The average molecular weight is 278 g/mol. The van der Waals surface area contributed by atoms with Crippen LogP contribution in [0.4, 0.5) is 11.6 Å². The van der Waals surface area contributed by atoms with Crippen molar-refractivity contribution in [1.29, 1.82) is 0 Å². The molecule has 0 aromatic carbocycles. The average Bonchev–Trinajstić information content (AvgIpc) is 2.43. The van der Waals surface area contributed by atoms with Gasteiger partial charge in [-0.2, -0.15) is 0 Å². The lowest BCUT2D eigenvalue weighted by Gasteiger charge is -2.33. The van der Waals surface area contributed by atoms with Crippen LogP contribution in [-0.4, -0.2) is 34.4 Å². The van der Waals surface area contributed by atoms with Crippen LogP contribution in [0.15, 0.2) is 0 Å². The molecule has 8 heteroatoms. The zero-order valence-corrected chi connectivity index (χ0v) is 11.7. The van der Waals surface area contributed by atoms with Crippen LogP contribution >= 0.6 is 0 Å². The van der Waals surface area contributed by atoms with Crippen molar-refractivity contribution in [2.75, 3.05) is 16.9 Å². The molecule has 8 nitrogen and oxygen atoms in total. The number of nitrogens with two attached hydrogens (primary N) is 1. The molecule has 108 valence electrons. The zero-order chi connectivity index (χ0) is 14.9. The highest BCUT2D eigenvalue weighted by Gasteiger charge is 2.32. The Morgan fingerprint density at radius 1 is 1.45 bits per heavy atom. The Kier molecular flexibility index (Phi) is 3.84. The van der Waals surface area contributed by atoms with E-state index in [9.17, 15) is 9.59 Å². The molecular formula is C12H18N6O2. The summed E-state index contributed by atoms with van der Waals surface area (Å²) in [7, 11) is 0. The maximum Gasteiger partial charge on any atom is 0.249 e. The fourth-order valence-corrected chi connectivity index (χ4v) is 2.10. The van der Waals surface area contributed by atoms with Crippen molar-refractivity contribution in [2.45, 2.75) is 33.2 Å². The van der Waals surface area contributed by atoms with Crippen LogP contribution in [0.1, 0.15) is 25.2 Å². The molecule has 0 bridgehead atoms. The van der Waals surface area contributed by atoms with Gasteiger partial charge < -0.3 is 10.3 Å². The number of imide groups is 1. The van der Waals surface area contributed by atoms with E-state index in [0.29, 0.717) is 29.4 Å². The molecule has 1 atom stereocenters. The van der Waals surface area contributed by atoms with Crippen molar-refractivity contribution in [3.63, 3.8) is 0 Å². The van der Waals surface area contributed by atoms with E-state index in [4.69, 9.17) is 5.84 Å². The van der Waals surface area contributed by atoms with Crippen molar-refractivity contribution in [3.05, 3.63) is 11.4 Å². The SMILES string of the molecule is CCc1nc(NN)c(C)c(N2CC(=O)NC(=O)C2C)n1. The molecule has 1 unspecified atom stereocenters. The van der Waals surface area contributed by atoms with Crippen LogP contribution in [0.3, 0.4) is 0 Å². The van der Waals surface area contributed by atoms with E-state index in [1.54, 1.807) is 18.7 Å². The zero-order valence-electron chi connectivity index (χ0n) is 11.7. The minimum Gasteiger partial charge on any atom is -0.335 e. The third-order valence-electron chi connectivity index (χ3n) is 3.31. The van der Waals surface area contributed by atoms with Gasteiger partial charge in [-0.25, -0.2) is 15.8 Å². The number of anilines is 2. The molecule has 1 fully saturated rings. The number of hydrazine groups is 1. The Labute approximate surface area is 116 Å². The van der Waals surface area contributed by atoms with Gasteiger partial charge in [-0.15, -0.1) is 0 Å². The lowest BCUT2D eigenvalue weighted by atomic mass is 10.1. The van der Waals surface area contributed by atoms with Crippen LogP contribution in [-0.2, 0) is 16.0 Å². The maximum absolute atomic E-state index is 11.8. The van der Waals surface area contributed by atoms with Gasteiger partial charge in [-0.3, -0.25) is 14.9 Å². The van der Waals surface area contributed by atoms with E-state index in [0.717, 1.165) is 0 Å². The van der Waals surface area contributed by atoms with Gasteiger partial charge in [-0.05, 0) is 13.8 Å². The maximum atomic E-state index is 11.8. The topological polar surface area (TPSA) is 113 Å². The number of rotatable bonds is 3. The monoisotopic (exact) mass is 278 g/mol. The molecule has 1 aromatic rings. The molecule has 1 saturated heterocycles. The number of hydrogen-bond acceptors (Lipinski definition) is 7. The Hall–Kier alpha value is -2.22. The number of piperazine rings is 1. The molecule has 2 heterocycles. The van der Waals surface area contributed by atoms with Gasteiger partial charge in [0.25, 0.3) is 0 Å². The first-order valence-electron chi connectivity index (χ1n) is 6.42. The molecule has 1 aliphatic rings. The number of amides is 2. The Morgan fingerprint density at radius 2 is 2.15 bits per heavy atom. The normalized spacial score (nSPS) is 19.0. The van der Waals surface area contributed by atoms with Crippen molar-refractivity contribution in [3.8, 4) is 0 Å². The highest BCUT2D eigenvalue weighted by atomic mass is 16.2. The van der Waals surface area contributed by atoms with Gasteiger partial charge in [0.05, 0.1) is 6.54 Å². The molecule has 0 radical (unpaired) electrons. The summed E-state index contributed by atoms with van der Waals surface area (Å²) in [4.78, 5) is 33.7. The Bertz CT molecular complexity index is 559. The lowest BCUT2D eigenvalue weighted by molar-refractivity contribution is -0.132. The van der Waals surface area contributed by atoms with Gasteiger partial charge >= 0.3 is 0 Å². The first kappa shape index (κ1) is 14.2. The van der Waals surface area contributed by atoms with E-state index < -0.39 is 6.04 Å². The van der Waals surface area contributed by atoms with Crippen LogP contribution in [0.25, 0.3) is 0 Å². The number of hydrogen-bond donors (Lipinski definition) is 3. The summed E-state index contributed by atoms with van der Waals surface area (Å²) in [5, 5.41) is 2.30. The molecule has 2 amide bonds. The van der Waals surface area contributed by atoms with Gasteiger partial charge in [-0.1, -0.05) is 6.92 Å². The fraction of sp³-hybridized carbons (Fsp3) is 0.500. The molecule has 0 saturated carbocycles. The summed E-state index contributed by atoms with van der Waals surface area (Å²) < 4.78 is 0. The van der Waals surface area contributed by atoms with Crippen molar-refractivity contribution in [2.24, 2.45) is 5.84 Å². The largest absolute Gasteiger partial charge is 0.335 e. The molecule has 20 heavy (non-hydrogen) atoms. The number of aryl methyl sites for hydroxylation is 1. The Morgan fingerprint density at radius 3 is 2.75 bits per heavy atom. The van der Waals surface area contributed by atoms with Gasteiger partial charge in [0.2, 0.25) is 11.8 Å². The molecule has 4 N–H and O–H groups in total. The third-order valence-corrected chi connectivity index (χ3v) is 3.31. The molecule has 2 rings (SSSR count). The second-order valence-corrected chi connectivity index (χ2v) is 4.65. The third kappa shape index (κ3) is 2.42. The quantitative estimate of drug-likeness (QED) is 0.387. The molecular weight excluding hydrogens is 260 g/mol. The molecule has 0 aliphatic carbocycles. The van der Waals surface area contributed by atoms with Crippen LogP contribution in [0, 0.1) is 6.92 Å². The minimum absolute atomic E-state index is 0.0813. The number of nitrogens with zero attached hydrogens (tertiary/aromatic N) is 3. The molecule has 1 aromatic heterocycles. The van der Waals surface area contributed by atoms with Crippen molar-refractivity contribution in [1.82, 2.24) is 15.3 Å². The Balaban J connectivity index is 2.50. The summed E-state index contributed by atoms with van der Waals surface area (Å²) >= 11 is 0. The predicted octanol–water partition coefficient (Wildman–Crippen LogP) is -0.516. The number of carbonyl (C=O) groups excluding carboxylic acids is 2. The smallest absolute Gasteiger partial charge is 0.249 e. The van der Waals surface area contributed by atoms with Gasteiger partial charge in [0.15, 0.2) is 0 Å². The minimum atomic E-state index is -0.475. The predicted molar refractivity (Wildman–Crippen MR) is 73.9 cm³/mol. The highest BCUT2D eigenvalue weighted by molar-refractivity contribution is 6.04. The van der Waals surface area contributed by atoms with E-state index in [1.165, 1.54) is 0 Å². The molecule has 1 aliphatic heterocycles. The first-order valence-corrected chi connectivity index (χ1v) is 6.42. The number of carbonyl (C=O) groups is 2. The second-order valence-electron chi connectivity index (χ2n) is 4.65. The first-order chi connectivity index (χ1) is 9.47. The second kappa shape index (κ2) is 5.41. The lowest BCUT2D eigenvalue weighted by Crippen LogP contribution is -2.57. The molecule has 0 spiro atoms.